The van der Waals surface area contributed by atoms with Crippen molar-refractivity contribution in [2.75, 3.05) is 31.5 Å². The minimum Gasteiger partial charge on any atom is -0.370 e. The molecule has 1 aliphatic carbocycles. The van der Waals surface area contributed by atoms with Gasteiger partial charge in [0.05, 0.1) is 5.56 Å². The molecule has 1 aromatic rings. The molecular formula is C16H24N4O. The molecule has 1 aliphatic heterocycles. The Morgan fingerprint density at radius 1 is 1.24 bits per heavy atom. The lowest BCUT2D eigenvalue weighted by atomic mass is 9.96. The summed E-state index contributed by atoms with van der Waals surface area (Å²) >= 11 is 0. The highest BCUT2D eigenvalue weighted by molar-refractivity contribution is 5.92. The number of rotatable bonds is 6. The Morgan fingerprint density at radius 2 is 2.00 bits per heavy atom. The Hall–Kier alpha value is -1.62. The van der Waals surface area contributed by atoms with E-state index in [2.05, 4.69) is 15.2 Å². The van der Waals surface area contributed by atoms with Crippen molar-refractivity contribution in [2.45, 2.75) is 25.7 Å². The molecule has 5 nitrogen and oxygen atoms in total. The van der Waals surface area contributed by atoms with Crippen LogP contribution in [0.2, 0.25) is 0 Å². The Bertz CT molecular complexity index is 476. The Morgan fingerprint density at radius 3 is 2.57 bits per heavy atom. The summed E-state index contributed by atoms with van der Waals surface area (Å²) in [6, 6.07) is 3.54. The number of hydrogen-bond donors (Lipinski definition) is 2. The van der Waals surface area contributed by atoms with Gasteiger partial charge in [0.25, 0.3) is 0 Å². The lowest BCUT2D eigenvalue weighted by Gasteiger charge is -2.32. The van der Waals surface area contributed by atoms with Gasteiger partial charge in [0, 0.05) is 19.3 Å². The number of hydrogen-bond acceptors (Lipinski definition) is 4. The molecule has 0 atom stereocenters. The van der Waals surface area contributed by atoms with E-state index < -0.39 is 5.91 Å². The number of carbonyl (C=O) groups excluding carboxylic acids is 1. The average molecular weight is 288 g/mol. The SMILES string of the molecule is NC(=O)c1ccc(NCC2CCN(CC3CC3)CC2)nc1. The third kappa shape index (κ3) is 4.17. The first-order chi connectivity index (χ1) is 10.2. The van der Waals surface area contributed by atoms with Crippen molar-refractivity contribution in [2.24, 2.45) is 17.6 Å². The van der Waals surface area contributed by atoms with Crippen LogP contribution in [-0.4, -0.2) is 42.0 Å². The molecule has 114 valence electrons. The van der Waals surface area contributed by atoms with E-state index in [-0.39, 0.29) is 0 Å². The molecule has 0 unspecified atom stereocenters. The third-order valence-corrected chi connectivity index (χ3v) is 4.54. The Balaban J connectivity index is 1.40. The Kier molecular flexibility index (Phi) is 4.39. The molecule has 1 amide bonds. The van der Waals surface area contributed by atoms with E-state index in [9.17, 15) is 4.79 Å². The summed E-state index contributed by atoms with van der Waals surface area (Å²) in [7, 11) is 0. The summed E-state index contributed by atoms with van der Waals surface area (Å²) < 4.78 is 0. The number of aromatic nitrogens is 1. The first-order valence-electron chi connectivity index (χ1n) is 7.93. The average Bonchev–Trinajstić information content (AvgIpc) is 3.31. The second-order valence-corrected chi connectivity index (χ2v) is 6.36. The quantitative estimate of drug-likeness (QED) is 0.836. The van der Waals surface area contributed by atoms with Gasteiger partial charge in [-0.05, 0) is 62.7 Å². The number of nitrogens with two attached hydrogens (primary N) is 1. The zero-order chi connectivity index (χ0) is 14.7. The highest BCUT2D eigenvalue weighted by Gasteiger charge is 2.26. The van der Waals surface area contributed by atoms with Gasteiger partial charge in [-0.15, -0.1) is 0 Å². The standard InChI is InChI=1S/C16H24N4O/c17-16(21)14-3-4-15(19-10-14)18-9-12-5-7-20(8-6-12)11-13-1-2-13/h3-4,10,12-13H,1-2,5-9,11H2,(H2,17,21)(H,18,19). The predicted octanol–water partition coefficient (Wildman–Crippen LogP) is 1.71. The molecule has 3 rings (SSSR count). The van der Waals surface area contributed by atoms with Crippen LogP contribution in [0.4, 0.5) is 5.82 Å². The van der Waals surface area contributed by atoms with Gasteiger partial charge in [-0.1, -0.05) is 0 Å². The second kappa shape index (κ2) is 6.43. The van der Waals surface area contributed by atoms with Crippen molar-refractivity contribution in [3.8, 4) is 0 Å². The maximum absolute atomic E-state index is 11.0. The molecule has 0 bridgehead atoms. The van der Waals surface area contributed by atoms with Gasteiger partial charge in [0.15, 0.2) is 0 Å². The number of nitrogens with one attached hydrogen (secondary N) is 1. The van der Waals surface area contributed by atoms with Crippen LogP contribution in [0, 0.1) is 11.8 Å². The number of likely N-dealkylation sites (tertiary alicyclic amines) is 1. The van der Waals surface area contributed by atoms with Crippen LogP contribution in [0.25, 0.3) is 0 Å². The number of amides is 1. The van der Waals surface area contributed by atoms with Crippen molar-refractivity contribution >= 4 is 11.7 Å². The summed E-state index contributed by atoms with van der Waals surface area (Å²) in [5, 5.41) is 3.37. The zero-order valence-corrected chi connectivity index (χ0v) is 12.4. The maximum Gasteiger partial charge on any atom is 0.250 e. The second-order valence-electron chi connectivity index (χ2n) is 6.36. The summed E-state index contributed by atoms with van der Waals surface area (Å²) in [6.45, 7) is 4.74. The van der Waals surface area contributed by atoms with E-state index in [4.69, 9.17) is 5.73 Å². The van der Waals surface area contributed by atoms with Crippen LogP contribution in [0.1, 0.15) is 36.0 Å². The molecule has 0 radical (unpaired) electrons. The van der Waals surface area contributed by atoms with Crippen molar-refractivity contribution in [1.29, 1.82) is 0 Å². The van der Waals surface area contributed by atoms with Crippen LogP contribution in [0.15, 0.2) is 18.3 Å². The normalized spacial score (nSPS) is 20.4. The largest absolute Gasteiger partial charge is 0.370 e. The minimum atomic E-state index is -0.433. The number of piperidine rings is 1. The van der Waals surface area contributed by atoms with E-state index in [0.717, 1.165) is 24.2 Å². The van der Waals surface area contributed by atoms with Gasteiger partial charge in [-0.3, -0.25) is 4.79 Å². The molecule has 1 saturated carbocycles. The number of nitrogens with zero attached hydrogens (tertiary/aromatic N) is 2. The van der Waals surface area contributed by atoms with E-state index in [1.807, 2.05) is 6.07 Å². The molecule has 2 fully saturated rings. The van der Waals surface area contributed by atoms with E-state index in [1.165, 1.54) is 51.5 Å². The third-order valence-electron chi connectivity index (χ3n) is 4.54. The van der Waals surface area contributed by atoms with Gasteiger partial charge in [0.1, 0.15) is 5.82 Å². The number of pyridine rings is 1. The summed E-state index contributed by atoms with van der Waals surface area (Å²) in [6.07, 6.45) is 6.93. The minimum absolute atomic E-state index is 0.433. The fourth-order valence-corrected chi connectivity index (χ4v) is 2.93. The van der Waals surface area contributed by atoms with E-state index in [0.29, 0.717) is 5.56 Å². The zero-order valence-electron chi connectivity index (χ0n) is 12.4. The van der Waals surface area contributed by atoms with Gasteiger partial charge >= 0.3 is 0 Å². The molecule has 5 heteroatoms. The van der Waals surface area contributed by atoms with Gasteiger partial charge in [-0.25, -0.2) is 4.98 Å². The van der Waals surface area contributed by atoms with Crippen molar-refractivity contribution in [1.82, 2.24) is 9.88 Å². The van der Waals surface area contributed by atoms with E-state index >= 15 is 0 Å². The van der Waals surface area contributed by atoms with Crippen LogP contribution in [-0.2, 0) is 0 Å². The summed E-state index contributed by atoms with van der Waals surface area (Å²) in [4.78, 5) is 17.8. The Labute approximate surface area is 125 Å². The molecule has 2 heterocycles. The number of carbonyl (C=O) groups is 1. The lowest BCUT2D eigenvalue weighted by Crippen LogP contribution is -2.37. The molecule has 1 saturated heterocycles. The van der Waals surface area contributed by atoms with Crippen molar-refractivity contribution in [3.63, 3.8) is 0 Å². The number of anilines is 1. The molecular weight excluding hydrogens is 264 g/mol. The topological polar surface area (TPSA) is 71.2 Å². The lowest BCUT2D eigenvalue weighted by molar-refractivity contribution is 0.1000. The van der Waals surface area contributed by atoms with Gasteiger partial charge in [0.2, 0.25) is 5.91 Å². The van der Waals surface area contributed by atoms with Crippen LogP contribution >= 0.6 is 0 Å². The molecule has 0 spiro atoms. The fraction of sp³-hybridized carbons (Fsp3) is 0.625. The predicted molar refractivity (Wildman–Crippen MR) is 83.1 cm³/mol. The van der Waals surface area contributed by atoms with Gasteiger partial charge < -0.3 is 16.0 Å². The maximum atomic E-state index is 11.0. The van der Waals surface area contributed by atoms with Crippen molar-refractivity contribution in [3.05, 3.63) is 23.9 Å². The monoisotopic (exact) mass is 288 g/mol. The molecule has 3 N–H and O–H groups in total. The van der Waals surface area contributed by atoms with E-state index in [1.54, 1.807) is 6.07 Å². The fourth-order valence-electron chi connectivity index (χ4n) is 2.93. The molecule has 21 heavy (non-hydrogen) atoms. The molecule has 2 aliphatic rings. The molecule has 0 aromatic carbocycles. The smallest absolute Gasteiger partial charge is 0.250 e. The van der Waals surface area contributed by atoms with Crippen molar-refractivity contribution < 1.29 is 4.79 Å². The molecule has 1 aromatic heterocycles. The highest BCUT2D eigenvalue weighted by Crippen LogP contribution is 2.31. The highest BCUT2D eigenvalue weighted by atomic mass is 16.1. The number of primary amides is 1. The summed E-state index contributed by atoms with van der Waals surface area (Å²) in [5.74, 6) is 2.10. The van der Waals surface area contributed by atoms with Crippen LogP contribution in [0.3, 0.4) is 0 Å². The van der Waals surface area contributed by atoms with Crippen LogP contribution < -0.4 is 11.1 Å². The van der Waals surface area contributed by atoms with Crippen LogP contribution in [0.5, 0.6) is 0 Å². The van der Waals surface area contributed by atoms with Gasteiger partial charge in [-0.2, -0.15) is 0 Å². The first kappa shape index (κ1) is 14.3. The summed E-state index contributed by atoms with van der Waals surface area (Å²) in [5.41, 5.74) is 5.66. The first-order valence-corrected chi connectivity index (χ1v) is 7.93.